The Labute approximate surface area is 239 Å². The molecule has 0 radical (unpaired) electrons. The van der Waals surface area contributed by atoms with Crippen LogP contribution in [0, 0.1) is 0 Å². The van der Waals surface area contributed by atoms with Crippen molar-refractivity contribution in [2.75, 3.05) is 43.8 Å². The fraction of sp³-hybridized carbons (Fsp3) is 0.462. The van der Waals surface area contributed by atoms with Gasteiger partial charge in [0.05, 0.1) is 36.1 Å². The Bertz CT molecular complexity index is 1600. The monoisotopic (exact) mass is 609 g/mol. The number of aryl methyl sites for hydroxylation is 1. The van der Waals surface area contributed by atoms with Crippen LogP contribution >= 0.6 is 22.7 Å². The Morgan fingerprint density at radius 3 is 2.62 bits per heavy atom. The maximum Gasteiger partial charge on any atom is 0.341 e. The zero-order chi connectivity index (χ0) is 28.9. The molecule has 0 fully saturated rings. The second kappa shape index (κ2) is 13.1. The van der Waals surface area contributed by atoms with E-state index < -0.39 is 39.1 Å². The Kier molecular flexibility index (Phi) is 9.77. The first-order chi connectivity index (χ1) is 19.2. The van der Waals surface area contributed by atoms with Crippen molar-refractivity contribution < 1.29 is 37.0 Å². The molecular formula is C26H31N3O8S3. The van der Waals surface area contributed by atoms with E-state index in [-0.39, 0.29) is 17.2 Å². The van der Waals surface area contributed by atoms with Gasteiger partial charge in [0.2, 0.25) is 5.91 Å². The average Bonchev–Trinajstić information content (AvgIpc) is 3.56. The highest BCUT2D eigenvalue weighted by molar-refractivity contribution is 7.92. The molecule has 0 aliphatic heterocycles. The summed E-state index contributed by atoms with van der Waals surface area (Å²) in [5.74, 6) is -3.49. The first-order valence-electron chi connectivity index (χ1n) is 12.8. The molecule has 1 aliphatic rings. The maximum absolute atomic E-state index is 12.8. The summed E-state index contributed by atoms with van der Waals surface area (Å²) < 4.78 is 44.0. The van der Waals surface area contributed by atoms with E-state index in [1.807, 2.05) is 19.1 Å². The number of thiophene rings is 1. The normalized spacial score (nSPS) is 13.4. The largest absolute Gasteiger partial charge is 0.497 e. The van der Waals surface area contributed by atoms with Crippen molar-refractivity contribution in [3.05, 3.63) is 39.0 Å². The minimum Gasteiger partial charge on any atom is -0.497 e. The Hall–Kier alpha value is -3.07. The predicted octanol–water partition coefficient (Wildman–Crippen LogP) is 2.96. The number of rotatable bonds is 12. The van der Waals surface area contributed by atoms with Gasteiger partial charge < -0.3 is 24.1 Å². The number of esters is 1. The van der Waals surface area contributed by atoms with Gasteiger partial charge >= 0.3 is 5.97 Å². The average molecular weight is 610 g/mol. The lowest BCUT2D eigenvalue weighted by molar-refractivity contribution is -0.115. The molecule has 2 aromatic heterocycles. The molecule has 4 rings (SSSR count). The van der Waals surface area contributed by atoms with E-state index in [0.717, 1.165) is 33.5 Å². The number of hydrogen-bond acceptors (Lipinski definition) is 10. The molecule has 14 heteroatoms. The second-order valence-electron chi connectivity index (χ2n) is 8.93. The smallest absolute Gasteiger partial charge is 0.341 e. The number of sulfone groups is 1. The molecular weight excluding hydrogens is 579 g/mol. The van der Waals surface area contributed by atoms with Crippen LogP contribution in [0.5, 0.6) is 5.75 Å². The topological polar surface area (TPSA) is 142 Å². The van der Waals surface area contributed by atoms with Crippen molar-refractivity contribution in [1.29, 1.82) is 0 Å². The first-order valence-corrected chi connectivity index (χ1v) is 16.3. The lowest BCUT2D eigenvalue weighted by Gasteiger charge is -2.08. The third kappa shape index (κ3) is 6.97. The zero-order valence-corrected chi connectivity index (χ0v) is 24.9. The van der Waals surface area contributed by atoms with Gasteiger partial charge in [0.15, 0.2) is 14.6 Å². The summed E-state index contributed by atoms with van der Waals surface area (Å²) in [5.41, 5.74) is 1.93. The number of anilines is 1. The van der Waals surface area contributed by atoms with Crippen LogP contribution in [-0.4, -0.2) is 69.2 Å². The summed E-state index contributed by atoms with van der Waals surface area (Å²) in [6.45, 7) is 5.06. The molecule has 0 saturated carbocycles. The number of hydrogen-bond donors (Lipinski definition) is 1. The van der Waals surface area contributed by atoms with Crippen molar-refractivity contribution in [1.82, 2.24) is 4.57 Å². The molecule has 1 N–H and O–H groups in total. The molecule has 1 aliphatic carbocycles. The lowest BCUT2D eigenvalue weighted by Crippen LogP contribution is -2.28. The third-order valence-corrected chi connectivity index (χ3v) is 9.76. The van der Waals surface area contributed by atoms with Crippen LogP contribution in [0.25, 0.3) is 10.2 Å². The quantitative estimate of drug-likeness (QED) is 0.244. The van der Waals surface area contributed by atoms with Crippen molar-refractivity contribution in [2.24, 2.45) is 4.99 Å². The van der Waals surface area contributed by atoms with Crippen molar-refractivity contribution in [3.63, 3.8) is 0 Å². The minimum absolute atomic E-state index is 0.176. The second-order valence-corrected chi connectivity index (χ2v) is 13.1. The highest BCUT2D eigenvalue weighted by atomic mass is 32.2. The summed E-state index contributed by atoms with van der Waals surface area (Å²) in [7, 11) is -2.60. The Morgan fingerprint density at radius 1 is 1.10 bits per heavy atom. The van der Waals surface area contributed by atoms with E-state index in [9.17, 15) is 22.8 Å². The number of carbonyl (C=O) groups excluding carboxylic acids is 3. The number of aromatic nitrogens is 1. The highest BCUT2D eigenvalue weighted by Crippen LogP contribution is 2.39. The van der Waals surface area contributed by atoms with Crippen molar-refractivity contribution in [3.8, 4) is 5.75 Å². The number of carbonyl (C=O) groups is 3. The number of benzene rings is 1. The third-order valence-electron chi connectivity index (χ3n) is 6.12. The summed E-state index contributed by atoms with van der Waals surface area (Å²) in [4.78, 5) is 43.4. The van der Waals surface area contributed by atoms with Gasteiger partial charge in [-0.3, -0.25) is 9.59 Å². The van der Waals surface area contributed by atoms with Crippen LogP contribution in [0.1, 0.15) is 41.1 Å². The fourth-order valence-corrected chi connectivity index (χ4v) is 7.84. The number of fused-ring (bicyclic) bond motifs is 2. The molecule has 0 saturated heterocycles. The molecule has 40 heavy (non-hydrogen) atoms. The van der Waals surface area contributed by atoms with Gasteiger partial charge in [-0.05, 0) is 56.9 Å². The molecule has 216 valence electrons. The molecule has 0 unspecified atom stereocenters. The summed E-state index contributed by atoms with van der Waals surface area (Å²) >= 11 is 2.48. The summed E-state index contributed by atoms with van der Waals surface area (Å²) in [5, 5.41) is 2.83. The standard InChI is InChI=1S/C26H31N3O8S3/c1-4-36-12-11-29-18-10-9-16(35-3)13-20(18)39-26(29)28-22(31)15-40(33,34)14-21(30)27-24-23(25(32)37-5-2)17-7-6-8-19(17)38-24/h9-10,13H,4-8,11-12,14-15H2,1-3H3,(H,27,30). The fourth-order valence-electron chi connectivity index (χ4n) is 4.43. The van der Waals surface area contributed by atoms with E-state index in [1.165, 1.54) is 22.7 Å². The van der Waals surface area contributed by atoms with Gasteiger partial charge in [-0.2, -0.15) is 4.99 Å². The molecule has 0 atom stereocenters. The number of thiazole rings is 1. The predicted molar refractivity (Wildman–Crippen MR) is 153 cm³/mol. The van der Waals surface area contributed by atoms with Gasteiger partial charge in [-0.1, -0.05) is 11.3 Å². The zero-order valence-electron chi connectivity index (χ0n) is 22.5. The molecule has 11 nitrogen and oxygen atoms in total. The SMILES string of the molecule is CCOCCn1c(=NC(=O)CS(=O)(=O)CC(=O)Nc2sc3c(c2C(=O)OCC)CCC3)sc2cc(OC)ccc21. The molecule has 2 heterocycles. The van der Waals surface area contributed by atoms with Crippen molar-refractivity contribution in [2.45, 2.75) is 39.7 Å². The number of ether oxygens (including phenoxy) is 3. The number of methoxy groups -OCH3 is 1. The number of nitrogens with zero attached hydrogens (tertiary/aromatic N) is 2. The van der Waals surface area contributed by atoms with Gasteiger partial charge in [-0.15, -0.1) is 11.3 Å². The van der Waals surface area contributed by atoms with E-state index in [1.54, 1.807) is 24.7 Å². The van der Waals surface area contributed by atoms with E-state index in [0.29, 0.717) is 36.7 Å². The van der Waals surface area contributed by atoms with Crippen LogP contribution in [0.15, 0.2) is 23.2 Å². The van der Waals surface area contributed by atoms with E-state index in [4.69, 9.17) is 14.2 Å². The van der Waals surface area contributed by atoms with Gasteiger partial charge in [0, 0.05) is 18.0 Å². The molecule has 1 aromatic carbocycles. The minimum atomic E-state index is -4.15. The summed E-state index contributed by atoms with van der Waals surface area (Å²) in [6.07, 6.45) is 2.38. The Balaban J connectivity index is 1.50. The van der Waals surface area contributed by atoms with Crippen molar-refractivity contribution >= 4 is 65.5 Å². The van der Waals surface area contributed by atoms with Gasteiger partial charge in [0.1, 0.15) is 22.3 Å². The van der Waals surface area contributed by atoms with Crippen LogP contribution < -0.4 is 14.9 Å². The number of nitrogens with one attached hydrogen (secondary N) is 1. The molecule has 0 bridgehead atoms. The van der Waals surface area contributed by atoms with Crippen LogP contribution in [0.2, 0.25) is 0 Å². The van der Waals surface area contributed by atoms with Crippen LogP contribution in [0.3, 0.4) is 0 Å². The van der Waals surface area contributed by atoms with E-state index in [2.05, 4.69) is 10.3 Å². The van der Waals surface area contributed by atoms with E-state index >= 15 is 0 Å². The number of amides is 2. The molecule has 3 aromatic rings. The van der Waals surface area contributed by atoms with Gasteiger partial charge in [-0.25, -0.2) is 13.2 Å². The molecule has 2 amide bonds. The molecule has 0 spiro atoms. The lowest BCUT2D eigenvalue weighted by atomic mass is 10.1. The van der Waals surface area contributed by atoms with Gasteiger partial charge in [0.25, 0.3) is 5.91 Å². The highest BCUT2D eigenvalue weighted by Gasteiger charge is 2.29. The maximum atomic E-state index is 12.8. The summed E-state index contributed by atoms with van der Waals surface area (Å²) in [6, 6.07) is 5.44. The van der Waals surface area contributed by atoms with Crippen LogP contribution in [-0.2, 0) is 48.3 Å². The van der Waals surface area contributed by atoms with Crippen LogP contribution in [0.4, 0.5) is 5.00 Å². The Morgan fingerprint density at radius 2 is 1.90 bits per heavy atom. The first kappa shape index (κ1) is 29.9.